The molecule has 5 heteroatoms. The maximum Gasteiger partial charge on any atom is 0.213 e. The van der Waals surface area contributed by atoms with Crippen LogP contribution >= 0.6 is 0 Å². The third-order valence-corrected chi connectivity index (χ3v) is 5.35. The van der Waals surface area contributed by atoms with Crippen molar-refractivity contribution >= 4 is 0 Å². The van der Waals surface area contributed by atoms with Gasteiger partial charge in [-0.15, -0.1) is 0 Å². The number of hydrogen-bond donors (Lipinski definition) is 0. The first-order valence-corrected chi connectivity index (χ1v) is 8.83. The predicted octanol–water partition coefficient (Wildman–Crippen LogP) is 2.12. The lowest BCUT2D eigenvalue weighted by Gasteiger charge is -2.28. The summed E-state index contributed by atoms with van der Waals surface area (Å²) in [7, 11) is 0. The van der Waals surface area contributed by atoms with E-state index in [-0.39, 0.29) is 11.7 Å². The van der Waals surface area contributed by atoms with Crippen LogP contribution < -0.4 is 4.74 Å². The van der Waals surface area contributed by atoms with Crippen LogP contribution in [0.15, 0.2) is 24.4 Å². The molecule has 5 nitrogen and oxygen atoms in total. The summed E-state index contributed by atoms with van der Waals surface area (Å²) in [5.41, 5.74) is 0.00458. The Morgan fingerprint density at radius 2 is 2.22 bits per heavy atom. The summed E-state index contributed by atoms with van der Waals surface area (Å²) < 4.78 is 17.6. The number of hydrogen-bond acceptors (Lipinski definition) is 5. The number of pyridine rings is 1. The highest BCUT2D eigenvalue weighted by atomic mass is 16.6. The van der Waals surface area contributed by atoms with E-state index in [1.165, 1.54) is 19.4 Å². The SMILES string of the molecule is c1ccc(O[C@@H]2CO[C@@]3(CCN(CC4CCOCC4)C3)C2)nc1. The fourth-order valence-electron chi connectivity index (χ4n) is 4.13. The van der Waals surface area contributed by atoms with Crippen molar-refractivity contribution in [3.05, 3.63) is 24.4 Å². The van der Waals surface area contributed by atoms with Crippen LogP contribution in [-0.4, -0.2) is 61.0 Å². The second kappa shape index (κ2) is 6.75. The normalized spacial score (nSPS) is 32.6. The fraction of sp³-hybridized carbons (Fsp3) is 0.722. The molecule has 3 fully saturated rings. The van der Waals surface area contributed by atoms with Crippen molar-refractivity contribution in [2.24, 2.45) is 5.92 Å². The Morgan fingerprint density at radius 3 is 3.04 bits per heavy atom. The van der Waals surface area contributed by atoms with Crippen molar-refractivity contribution in [3.8, 4) is 5.88 Å². The van der Waals surface area contributed by atoms with E-state index in [2.05, 4.69) is 9.88 Å². The molecule has 0 bridgehead atoms. The topological polar surface area (TPSA) is 43.8 Å². The van der Waals surface area contributed by atoms with Gasteiger partial charge in [0.25, 0.3) is 0 Å². The molecule has 0 amide bonds. The van der Waals surface area contributed by atoms with Gasteiger partial charge >= 0.3 is 0 Å². The minimum absolute atomic E-state index is 0.00458. The summed E-state index contributed by atoms with van der Waals surface area (Å²) >= 11 is 0. The second-order valence-electron chi connectivity index (χ2n) is 7.15. The second-order valence-corrected chi connectivity index (χ2v) is 7.15. The first-order valence-electron chi connectivity index (χ1n) is 8.83. The molecule has 4 heterocycles. The molecule has 0 N–H and O–H groups in total. The van der Waals surface area contributed by atoms with Gasteiger partial charge in [-0.25, -0.2) is 4.98 Å². The van der Waals surface area contributed by atoms with Gasteiger partial charge in [0, 0.05) is 51.5 Å². The number of ether oxygens (including phenoxy) is 3. The van der Waals surface area contributed by atoms with Gasteiger partial charge < -0.3 is 19.1 Å². The zero-order valence-corrected chi connectivity index (χ0v) is 13.7. The van der Waals surface area contributed by atoms with Gasteiger partial charge in [0.15, 0.2) is 0 Å². The van der Waals surface area contributed by atoms with Crippen LogP contribution in [0.5, 0.6) is 5.88 Å². The molecule has 0 aliphatic carbocycles. The summed E-state index contributed by atoms with van der Waals surface area (Å²) in [5, 5.41) is 0. The average molecular weight is 318 g/mol. The van der Waals surface area contributed by atoms with E-state index >= 15 is 0 Å². The van der Waals surface area contributed by atoms with Crippen LogP contribution in [0.4, 0.5) is 0 Å². The Balaban J connectivity index is 1.28. The molecule has 126 valence electrons. The Hall–Kier alpha value is -1.17. The number of likely N-dealkylation sites (tertiary alicyclic amines) is 1. The van der Waals surface area contributed by atoms with Crippen LogP contribution in [0, 0.1) is 5.92 Å². The summed E-state index contributed by atoms with van der Waals surface area (Å²) in [5.74, 6) is 1.50. The van der Waals surface area contributed by atoms with Crippen molar-refractivity contribution in [2.45, 2.75) is 37.4 Å². The molecular formula is C18H26N2O3. The minimum Gasteiger partial charge on any atom is -0.472 e. The van der Waals surface area contributed by atoms with Crippen molar-refractivity contribution in [1.29, 1.82) is 0 Å². The largest absolute Gasteiger partial charge is 0.472 e. The van der Waals surface area contributed by atoms with E-state index < -0.39 is 0 Å². The van der Waals surface area contributed by atoms with Crippen LogP contribution in [0.1, 0.15) is 25.7 Å². The lowest BCUT2D eigenvalue weighted by Crippen LogP contribution is -2.36. The molecule has 0 aromatic carbocycles. The molecule has 0 unspecified atom stereocenters. The van der Waals surface area contributed by atoms with E-state index in [1.807, 2.05) is 18.2 Å². The zero-order valence-electron chi connectivity index (χ0n) is 13.7. The molecule has 3 aliphatic rings. The minimum atomic E-state index is 0.00458. The molecule has 0 radical (unpaired) electrons. The van der Waals surface area contributed by atoms with Crippen LogP contribution in [-0.2, 0) is 9.47 Å². The molecule has 2 atom stereocenters. The monoisotopic (exact) mass is 318 g/mol. The van der Waals surface area contributed by atoms with Crippen molar-refractivity contribution in [3.63, 3.8) is 0 Å². The summed E-state index contributed by atoms with van der Waals surface area (Å²) in [6, 6.07) is 5.78. The van der Waals surface area contributed by atoms with Gasteiger partial charge in [0.2, 0.25) is 5.88 Å². The Kier molecular flexibility index (Phi) is 4.51. The Bertz CT molecular complexity index is 506. The lowest BCUT2D eigenvalue weighted by molar-refractivity contribution is 0.00566. The highest BCUT2D eigenvalue weighted by Gasteiger charge is 2.46. The molecular weight excluding hydrogens is 292 g/mol. The van der Waals surface area contributed by atoms with Crippen LogP contribution in [0.3, 0.4) is 0 Å². The van der Waals surface area contributed by atoms with Crippen molar-refractivity contribution in [2.75, 3.05) is 39.5 Å². The van der Waals surface area contributed by atoms with Crippen molar-refractivity contribution in [1.82, 2.24) is 9.88 Å². The summed E-state index contributed by atoms with van der Waals surface area (Å²) in [6.07, 6.45) is 6.41. The van der Waals surface area contributed by atoms with Gasteiger partial charge in [0.05, 0.1) is 12.2 Å². The highest BCUT2D eigenvalue weighted by molar-refractivity contribution is 5.10. The fourth-order valence-corrected chi connectivity index (χ4v) is 4.13. The zero-order chi connectivity index (χ0) is 15.5. The molecule has 1 spiro atoms. The molecule has 1 aromatic rings. The molecule has 23 heavy (non-hydrogen) atoms. The molecule has 0 saturated carbocycles. The third kappa shape index (κ3) is 3.67. The van der Waals surface area contributed by atoms with Crippen LogP contribution in [0.25, 0.3) is 0 Å². The maximum atomic E-state index is 6.19. The molecule has 1 aromatic heterocycles. The van der Waals surface area contributed by atoms with Gasteiger partial charge in [-0.2, -0.15) is 0 Å². The maximum absolute atomic E-state index is 6.19. The lowest BCUT2D eigenvalue weighted by atomic mass is 9.98. The van der Waals surface area contributed by atoms with Crippen molar-refractivity contribution < 1.29 is 14.2 Å². The molecule has 4 rings (SSSR count). The number of rotatable bonds is 4. The predicted molar refractivity (Wildman–Crippen MR) is 86.6 cm³/mol. The van der Waals surface area contributed by atoms with Gasteiger partial charge in [-0.3, -0.25) is 0 Å². The van der Waals surface area contributed by atoms with E-state index in [0.717, 1.165) is 45.1 Å². The highest BCUT2D eigenvalue weighted by Crippen LogP contribution is 2.37. The quantitative estimate of drug-likeness (QED) is 0.851. The average Bonchev–Trinajstić information content (AvgIpc) is 3.16. The molecule has 3 saturated heterocycles. The van der Waals surface area contributed by atoms with Gasteiger partial charge in [0.1, 0.15) is 6.10 Å². The number of nitrogens with zero attached hydrogens (tertiary/aromatic N) is 2. The Morgan fingerprint density at radius 1 is 1.30 bits per heavy atom. The smallest absolute Gasteiger partial charge is 0.213 e. The van der Waals surface area contributed by atoms with Gasteiger partial charge in [-0.1, -0.05) is 6.07 Å². The van der Waals surface area contributed by atoms with Crippen LogP contribution in [0.2, 0.25) is 0 Å². The number of aromatic nitrogens is 1. The van der Waals surface area contributed by atoms with E-state index in [9.17, 15) is 0 Å². The van der Waals surface area contributed by atoms with E-state index in [1.54, 1.807) is 6.20 Å². The summed E-state index contributed by atoms with van der Waals surface area (Å²) in [6.45, 7) is 5.93. The first kappa shape index (κ1) is 15.4. The van der Waals surface area contributed by atoms with E-state index in [0.29, 0.717) is 12.5 Å². The van der Waals surface area contributed by atoms with Gasteiger partial charge in [-0.05, 0) is 31.2 Å². The standard InChI is InChI=1S/C18H26N2O3/c1-2-7-19-17(3-1)23-16-11-18(22-13-16)6-8-20(14-18)12-15-4-9-21-10-5-15/h1-3,7,15-16H,4-6,8-14H2/t16-,18-/m0/s1. The molecule has 3 aliphatic heterocycles. The summed E-state index contributed by atoms with van der Waals surface area (Å²) in [4.78, 5) is 6.83. The Labute approximate surface area is 137 Å². The third-order valence-electron chi connectivity index (χ3n) is 5.35. The first-order chi connectivity index (χ1) is 11.3. The van der Waals surface area contributed by atoms with E-state index in [4.69, 9.17) is 14.2 Å².